The van der Waals surface area contributed by atoms with Gasteiger partial charge in [0, 0.05) is 6.04 Å². The van der Waals surface area contributed by atoms with Crippen LogP contribution < -0.4 is 5.73 Å². The van der Waals surface area contributed by atoms with Crippen molar-refractivity contribution in [3.63, 3.8) is 0 Å². The van der Waals surface area contributed by atoms with Crippen LogP contribution in [0.15, 0.2) is 54.6 Å². The van der Waals surface area contributed by atoms with Gasteiger partial charge in [0.1, 0.15) is 0 Å². The van der Waals surface area contributed by atoms with E-state index in [1.807, 2.05) is 6.07 Å². The average Bonchev–Trinajstić information content (AvgIpc) is 2.61. The van der Waals surface area contributed by atoms with Crippen LogP contribution in [0, 0.1) is 0 Å². The molecular formula is C21H25NO. The van der Waals surface area contributed by atoms with Crippen molar-refractivity contribution >= 4 is 12.2 Å². The molecule has 120 valence electrons. The van der Waals surface area contributed by atoms with Crippen LogP contribution in [0.4, 0.5) is 0 Å². The molecule has 1 saturated carbocycles. The second-order valence-electron chi connectivity index (χ2n) is 6.28. The largest absolute Gasteiger partial charge is 0.372 e. The Morgan fingerprint density at radius 1 is 0.870 bits per heavy atom. The molecule has 3 rings (SSSR count). The Morgan fingerprint density at radius 2 is 1.52 bits per heavy atom. The number of nitrogens with two attached hydrogens (primary N) is 1. The zero-order valence-corrected chi connectivity index (χ0v) is 13.5. The third-order valence-electron chi connectivity index (χ3n) is 4.47. The summed E-state index contributed by atoms with van der Waals surface area (Å²) >= 11 is 0. The summed E-state index contributed by atoms with van der Waals surface area (Å²) in [5.41, 5.74) is 9.75. The van der Waals surface area contributed by atoms with Crippen molar-refractivity contribution < 1.29 is 4.74 Å². The third-order valence-corrected chi connectivity index (χ3v) is 4.47. The molecule has 2 unspecified atom stereocenters. The minimum atomic E-state index is 0.205. The first-order valence-electron chi connectivity index (χ1n) is 8.50. The van der Waals surface area contributed by atoms with Crippen molar-refractivity contribution in [1.29, 1.82) is 0 Å². The highest BCUT2D eigenvalue weighted by Gasteiger charge is 2.22. The quantitative estimate of drug-likeness (QED) is 0.816. The Bertz CT molecular complexity index is 618. The van der Waals surface area contributed by atoms with E-state index in [0.29, 0.717) is 6.61 Å². The lowest BCUT2D eigenvalue weighted by atomic mass is 9.93. The second-order valence-corrected chi connectivity index (χ2v) is 6.28. The maximum absolute atomic E-state index is 6.13. The van der Waals surface area contributed by atoms with Crippen LogP contribution in [-0.4, -0.2) is 12.1 Å². The molecule has 2 atom stereocenters. The van der Waals surface area contributed by atoms with Crippen molar-refractivity contribution in [2.24, 2.45) is 5.73 Å². The molecule has 1 aliphatic carbocycles. The lowest BCUT2D eigenvalue weighted by molar-refractivity contribution is 0.00404. The minimum absolute atomic E-state index is 0.205. The van der Waals surface area contributed by atoms with Crippen LogP contribution in [-0.2, 0) is 11.3 Å². The van der Waals surface area contributed by atoms with Crippen molar-refractivity contribution in [2.45, 2.75) is 44.4 Å². The molecular weight excluding hydrogens is 282 g/mol. The highest BCUT2D eigenvalue weighted by Crippen LogP contribution is 2.21. The summed E-state index contributed by atoms with van der Waals surface area (Å²) in [6, 6.07) is 19.1. The summed E-state index contributed by atoms with van der Waals surface area (Å²) in [6.45, 7) is 0.654. The van der Waals surface area contributed by atoms with E-state index >= 15 is 0 Å². The standard InChI is InChI=1S/C21H25NO/c22-20-8-4-5-9-21(20)23-16-19-14-12-18(13-15-19)11-10-17-6-2-1-3-7-17/h1-3,6-7,10-15,20-21H,4-5,8-9,16,22H2. The molecule has 0 heterocycles. The first-order valence-corrected chi connectivity index (χ1v) is 8.50. The van der Waals surface area contributed by atoms with Crippen LogP contribution in [0.25, 0.3) is 12.2 Å². The van der Waals surface area contributed by atoms with Crippen LogP contribution >= 0.6 is 0 Å². The normalized spacial score (nSPS) is 21.6. The Hall–Kier alpha value is -1.90. The predicted octanol–water partition coefficient (Wildman–Crippen LogP) is 4.64. The van der Waals surface area contributed by atoms with Crippen LogP contribution in [0.2, 0.25) is 0 Å². The molecule has 0 saturated heterocycles. The van der Waals surface area contributed by atoms with Gasteiger partial charge in [-0.05, 0) is 29.5 Å². The molecule has 0 aromatic heterocycles. The van der Waals surface area contributed by atoms with E-state index in [1.165, 1.54) is 29.5 Å². The lowest BCUT2D eigenvalue weighted by Crippen LogP contribution is -2.39. The van der Waals surface area contributed by atoms with Gasteiger partial charge in [-0.1, -0.05) is 79.6 Å². The molecule has 2 aromatic rings. The Labute approximate surface area is 139 Å². The smallest absolute Gasteiger partial charge is 0.0730 e. The molecule has 0 bridgehead atoms. The molecule has 2 N–H and O–H groups in total. The highest BCUT2D eigenvalue weighted by atomic mass is 16.5. The molecule has 23 heavy (non-hydrogen) atoms. The first kappa shape index (κ1) is 16.0. The van der Waals surface area contributed by atoms with Gasteiger partial charge in [-0.25, -0.2) is 0 Å². The van der Waals surface area contributed by atoms with Gasteiger partial charge in [0.15, 0.2) is 0 Å². The van der Waals surface area contributed by atoms with Gasteiger partial charge in [0.05, 0.1) is 12.7 Å². The van der Waals surface area contributed by atoms with Gasteiger partial charge in [-0.15, -0.1) is 0 Å². The summed E-state index contributed by atoms with van der Waals surface area (Å²) < 4.78 is 6.01. The zero-order valence-electron chi connectivity index (χ0n) is 13.5. The Balaban J connectivity index is 1.53. The average molecular weight is 307 g/mol. The van der Waals surface area contributed by atoms with Gasteiger partial charge >= 0.3 is 0 Å². The van der Waals surface area contributed by atoms with E-state index < -0.39 is 0 Å². The number of benzene rings is 2. The number of rotatable bonds is 5. The summed E-state index contributed by atoms with van der Waals surface area (Å²) in [5, 5.41) is 0. The molecule has 2 nitrogen and oxygen atoms in total. The number of hydrogen-bond acceptors (Lipinski definition) is 2. The maximum atomic E-state index is 6.13. The zero-order chi connectivity index (χ0) is 15.9. The molecule has 1 fully saturated rings. The van der Waals surface area contributed by atoms with Crippen LogP contribution in [0.1, 0.15) is 42.4 Å². The third kappa shape index (κ3) is 4.78. The van der Waals surface area contributed by atoms with Gasteiger partial charge < -0.3 is 10.5 Å². The second kappa shape index (κ2) is 8.09. The van der Waals surface area contributed by atoms with Crippen molar-refractivity contribution in [1.82, 2.24) is 0 Å². The van der Waals surface area contributed by atoms with Crippen molar-refractivity contribution in [2.75, 3.05) is 0 Å². The maximum Gasteiger partial charge on any atom is 0.0730 e. The summed E-state index contributed by atoms with van der Waals surface area (Å²) in [7, 11) is 0. The number of hydrogen-bond donors (Lipinski definition) is 1. The van der Waals surface area contributed by atoms with Crippen molar-refractivity contribution in [3.05, 3.63) is 71.3 Å². The topological polar surface area (TPSA) is 35.2 Å². The minimum Gasteiger partial charge on any atom is -0.372 e. The molecule has 2 heteroatoms. The molecule has 2 aromatic carbocycles. The molecule has 0 aliphatic heterocycles. The van der Waals surface area contributed by atoms with Gasteiger partial charge in [-0.3, -0.25) is 0 Å². The van der Waals surface area contributed by atoms with E-state index in [0.717, 1.165) is 12.8 Å². The van der Waals surface area contributed by atoms with E-state index in [2.05, 4.69) is 60.7 Å². The monoisotopic (exact) mass is 307 g/mol. The fourth-order valence-electron chi connectivity index (χ4n) is 3.02. The fraction of sp³-hybridized carbons (Fsp3) is 0.333. The predicted molar refractivity (Wildman–Crippen MR) is 96.8 cm³/mol. The van der Waals surface area contributed by atoms with E-state index in [9.17, 15) is 0 Å². The van der Waals surface area contributed by atoms with Gasteiger partial charge in [0.25, 0.3) is 0 Å². The Morgan fingerprint density at radius 3 is 2.22 bits per heavy atom. The summed E-state index contributed by atoms with van der Waals surface area (Å²) in [4.78, 5) is 0. The first-order chi connectivity index (χ1) is 11.3. The Kier molecular flexibility index (Phi) is 5.62. The van der Waals surface area contributed by atoms with Crippen molar-refractivity contribution in [3.8, 4) is 0 Å². The molecule has 1 aliphatic rings. The van der Waals surface area contributed by atoms with Gasteiger partial charge in [0.2, 0.25) is 0 Å². The highest BCUT2D eigenvalue weighted by molar-refractivity contribution is 5.69. The molecule has 0 radical (unpaired) electrons. The van der Waals surface area contributed by atoms with Crippen LogP contribution in [0.3, 0.4) is 0 Å². The van der Waals surface area contributed by atoms with E-state index in [-0.39, 0.29) is 12.1 Å². The summed E-state index contributed by atoms with van der Waals surface area (Å²) in [5.74, 6) is 0. The van der Waals surface area contributed by atoms with Gasteiger partial charge in [-0.2, -0.15) is 0 Å². The lowest BCUT2D eigenvalue weighted by Gasteiger charge is -2.28. The fourth-order valence-corrected chi connectivity index (χ4v) is 3.02. The molecule has 0 amide bonds. The van der Waals surface area contributed by atoms with Crippen LogP contribution in [0.5, 0.6) is 0 Å². The molecule has 0 spiro atoms. The number of ether oxygens (including phenoxy) is 1. The van der Waals surface area contributed by atoms with E-state index in [1.54, 1.807) is 0 Å². The summed E-state index contributed by atoms with van der Waals surface area (Å²) in [6.07, 6.45) is 9.16. The van der Waals surface area contributed by atoms with E-state index in [4.69, 9.17) is 10.5 Å². The SMILES string of the molecule is NC1CCCCC1OCc1ccc(C=Cc2ccccc2)cc1.